The lowest BCUT2D eigenvalue weighted by Gasteiger charge is -2.38. The Bertz CT molecular complexity index is 2260. The van der Waals surface area contributed by atoms with Crippen molar-refractivity contribution in [2.45, 2.75) is 136 Å². The van der Waals surface area contributed by atoms with E-state index in [0.29, 0.717) is 50.4 Å². The van der Waals surface area contributed by atoms with Crippen molar-refractivity contribution in [3.05, 3.63) is 52.4 Å². The second kappa shape index (κ2) is 18.9. The van der Waals surface area contributed by atoms with Crippen molar-refractivity contribution in [1.82, 2.24) is 20.0 Å². The van der Waals surface area contributed by atoms with Crippen LogP contribution in [-0.2, 0) is 36.9 Å². The quantitative estimate of drug-likeness (QED) is 0.132. The number of primary amides is 1. The molecule has 3 amide bonds. The van der Waals surface area contributed by atoms with Gasteiger partial charge in [-0.05, 0) is 83.4 Å². The van der Waals surface area contributed by atoms with E-state index in [9.17, 15) is 54.7 Å². The van der Waals surface area contributed by atoms with E-state index in [0.717, 1.165) is 18.4 Å². The number of ether oxygens (including phenoxy) is 2. The summed E-state index contributed by atoms with van der Waals surface area (Å²) in [5, 5.41) is 15.5. The number of urea groups is 1. The summed E-state index contributed by atoms with van der Waals surface area (Å²) in [7, 11) is 0. The molecule has 2 aromatic rings. The number of nitrogens with one attached hydrogen (secondary N) is 1. The minimum atomic E-state index is -2.61. The van der Waals surface area contributed by atoms with Crippen LogP contribution in [0.1, 0.15) is 115 Å². The fourth-order valence-corrected chi connectivity index (χ4v) is 9.93. The summed E-state index contributed by atoms with van der Waals surface area (Å²) in [4.78, 5) is 58.6. The van der Waals surface area contributed by atoms with Gasteiger partial charge in [0.2, 0.25) is 0 Å². The highest BCUT2D eigenvalue weighted by atomic mass is 35.5. The Morgan fingerprint density at radius 1 is 0.821 bits per heavy atom. The molecule has 7 fully saturated rings. The van der Waals surface area contributed by atoms with Gasteiger partial charge in [0.25, 0.3) is 23.7 Å². The number of amides is 3. The lowest BCUT2D eigenvalue weighted by Crippen LogP contribution is -2.53. The molecule has 8 aliphatic rings. The Kier molecular flexibility index (Phi) is 15.0. The summed E-state index contributed by atoms with van der Waals surface area (Å²) < 4.78 is 102. The van der Waals surface area contributed by atoms with Crippen molar-refractivity contribution in [2.75, 3.05) is 19.8 Å². The highest BCUT2D eigenvalue weighted by Crippen LogP contribution is 2.74. The maximum Gasteiger partial charge on any atom is 0.318 e. The minimum absolute atomic E-state index is 0. The number of carbonyl (C=O) groups is 5. The minimum Gasteiger partial charge on any atom is -0.481 e. The van der Waals surface area contributed by atoms with Gasteiger partial charge in [-0.15, -0.1) is 0 Å². The van der Waals surface area contributed by atoms with E-state index in [1.807, 2.05) is 6.92 Å². The Labute approximate surface area is 389 Å². The number of alkyl halides is 6. The number of nitrogens with zero attached hydrogens (tertiary/aromatic N) is 3. The Hall–Kier alpha value is -4.88. The maximum absolute atomic E-state index is 13.5. The zero-order valence-corrected chi connectivity index (χ0v) is 36.6. The average Bonchev–Trinajstić information content (AvgIpc) is 4.04. The molecule has 67 heavy (non-hydrogen) atoms. The van der Waals surface area contributed by atoms with Gasteiger partial charge in [0, 0.05) is 53.7 Å². The first-order valence-corrected chi connectivity index (χ1v) is 22.0. The molecule has 0 bridgehead atoms. The summed E-state index contributed by atoms with van der Waals surface area (Å²) in [5.74, 6) is -11.0. The molecular formula is C46H59ClF7N5O8. The second-order valence-corrected chi connectivity index (χ2v) is 19.2. The number of halogens is 8. The van der Waals surface area contributed by atoms with Crippen LogP contribution in [0.3, 0.4) is 0 Å². The Morgan fingerprint density at radius 2 is 1.30 bits per heavy atom. The standard InChI is InChI=1S/C20H19ClF3N5O2.C9H12F2O2.C8H12O2.C7H8F2O2.2CH4/c21-12-5-10(1-2-13(12)22)16-15(17(25)30)14-8-28(3-4-29(14)27-16)18(31)26-11-6-19(7-11)9-20(19,23)24;1-2-13-7(12)6-3-8(4-6)5-9(8,10)11;1-3-10-8(9)7-4-6(2)5-7;8-7(9)3-6(7)1-4(2-6)5(10)11;;/h1-2,5,11H,3-4,6-9H2,(H2,25,30)(H,26,31);6H,2-5H2,1H3;7H,2-5H2,1H3;4H,1-3H2,(H,10,11);2*1H4. The number of allylic oxidation sites excluding steroid dienone is 1. The fourth-order valence-electron chi connectivity index (χ4n) is 9.75. The van der Waals surface area contributed by atoms with Crippen LogP contribution in [0.2, 0.25) is 5.02 Å². The van der Waals surface area contributed by atoms with Crippen LogP contribution in [0.5, 0.6) is 0 Å². The molecule has 10 rings (SSSR count). The fraction of sp³-hybridized carbons (Fsp3) is 0.652. The third-order valence-corrected chi connectivity index (χ3v) is 14.4. The van der Waals surface area contributed by atoms with Crippen molar-refractivity contribution in [3.63, 3.8) is 0 Å². The van der Waals surface area contributed by atoms with Crippen molar-refractivity contribution < 1.29 is 69.3 Å². The number of hydrogen-bond acceptors (Lipinski definition) is 8. The van der Waals surface area contributed by atoms with E-state index in [4.69, 9.17) is 31.9 Å². The summed E-state index contributed by atoms with van der Waals surface area (Å²) in [6, 6.07) is 3.34. The molecule has 1 aliphatic heterocycles. The predicted molar refractivity (Wildman–Crippen MR) is 231 cm³/mol. The Morgan fingerprint density at radius 3 is 1.73 bits per heavy atom. The average molecular weight is 978 g/mol. The first-order valence-electron chi connectivity index (χ1n) is 21.6. The number of aromatic nitrogens is 2. The molecule has 0 unspecified atom stereocenters. The van der Waals surface area contributed by atoms with Crippen LogP contribution in [-0.4, -0.2) is 93.2 Å². The van der Waals surface area contributed by atoms with E-state index >= 15 is 0 Å². The number of benzene rings is 1. The van der Waals surface area contributed by atoms with E-state index in [1.165, 1.54) is 23.1 Å². The van der Waals surface area contributed by atoms with E-state index < -0.39 is 57.6 Å². The topological polar surface area (TPSA) is 183 Å². The molecule has 7 aliphatic carbocycles. The van der Waals surface area contributed by atoms with Crippen molar-refractivity contribution in [2.24, 2.45) is 39.7 Å². The molecule has 1 aromatic heterocycles. The first-order chi connectivity index (χ1) is 30.3. The molecule has 0 saturated heterocycles. The number of hydrogen-bond donors (Lipinski definition) is 3. The number of nitrogens with two attached hydrogens (primary N) is 1. The summed E-state index contributed by atoms with van der Waals surface area (Å²) in [5.41, 5.74) is 5.43. The van der Waals surface area contributed by atoms with Gasteiger partial charge < -0.3 is 30.5 Å². The summed E-state index contributed by atoms with van der Waals surface area (Å²) >= 11 is 5.86. The normalized spacial score (nSPS) is 29.7. The van der Waals surface area contributed by atoms with Gasteiger partial charge in [0.1, 0.15) is 11.5 Å². The van der Waals surface area contributed by atoms with Gasteiger partial charge in [0.05, 0.1) is 60.3 Å². The summed E-state index contributed by atoms with van der Waals surface area (Å²) in [6.07, 6.45) is 2.98. The molecule has 0 atom stereocenters. The van der Waals surface area contributed by atoms with Gasteiger partial charge in [-0.2, -0.15) is 5.10 Å². The smallest absolute Gasteiger partial charge is 0.318 e. The number of aliphatic carboxylic acids is 1. The van der Waals surface area contributed by atoms with Crippen molar-refractivity contribution in [3.8, 4) is 11.3 Å². The maximum atomic E-state index is 13.5. The molecule has 13 nitrogen and oxygen atoms in total. The first kappa shape index (κ1) is 53.1. The summed E-state index contributed by atoms with van der Waals surface area (Å²) in [6.45, 7) is 8.85. The number of fused-ring (bicyclic) bond motifs is 1. The van der Waals surface area contributed by atoms with Crippen LogP contribution in [0.25, 0.3) is 11.3 Å². The predicted octanol–water partition coefficient (Wildman–Crippen LogP) is 9.43. The van der Waals surface area contributed by atoms with Gasteiger partial charge in [-0.3, -0.25) is 23.9 Å². The third kappa shape index (κ3) is 10.3. The molecule has 7 saturated carbocycles. The largest absolute Gasteiger partial charge is 0.481 e. The zero-order chi connectivity index (χ0) is 47.7. The van der Waals surface area contributed by atoms with Crippen LogP contribution in [0.15, 0.2) is 30.4 Å². The van der Waals surface area contributed by atoms with E-state index in [-0.39, 0.29) is 118 Å². The van der Waals surface area contributed by atoms with Crippen LogP contribution in [0, 0.1) is 39.8 Å². The number of rotatable bonds is 8. The van der Waals surface area contributed by atoms with Crippen molar-refractivity contribution >= 4 is 41.4 Å². The van der Waals surface area contributed by atoms with Crippen LogP contribution in [0.4, 0.5) is 35.5 Å². The molecule has 2 heterocycles. The monoisotopic (exact) mass is 977 g/mol. The van der Waals surface area contributed by atoms with E-state index in [2.05, 4.69) is 17.0 Å². The highest BCUT2D eigenvalue weighted by molar-refractivity contribution is 6.31. The molecule has 4 N–H and O–H groups in total. The van der Waals surface area contributed by atoms with Crippen molar-refractivity contribution in [1.29, 1.82) is 0 Å². The highest BCUT2D eigenvalue weighted by Gasteiger charge is 2.78. The van der Waals surface area contributed by atoms with Crippen LogP contribution >= 0.6 is 11.6 Å². The zero-order valence-electron chi connectivity index (χ0n) is 35.8. The number of carbonyl (C=O) groups excluding carboxylic acids is 4. The SMILES string of the molecule is C.C.C=C1CC(C(=O)OCC)C1.CCOC(=O)C1CC2(C1)CC2(F)F.NC(=O)c1c(-c2ccc(F)c(Cl)c2)nn2c1CN(C(=O)NC1CC3(C1)CC3(F)F)CC2.O=C(O)C1CC2(C1)CC2(F)F. The van der Waals surface area contributed by atoms with Gasteiger partial charge >= 0.3 is 23.9 Å². The van der Waals surface area contributed by atoms with Gasteiger partial charge in [-0.1, -0.05) is 38.6 Å². The lowest BCUT2D eigenvalue weighted by molar-refractivity contribution is -0.155. The molecule has 0 radical (unpaired) electrons. The molecule has 21 heteroatoms. The molecular weight excluding hydrogens is 919 g/mol. The van der Waals surface area contributed by atoms with Crippen LogP contribution < -0.4 is 11.1 Å². The number of esters is 2. The Balaban J connectivity index is 0.000000192. The third-order valence-electron chi connectivity index (χ3n) is 14.2. The lowest BCUT2D eigenvalue weighted by atomic mass is 9.71. The molecule has 3 spiro atoms. The second-order valence-electron chi connectivity index (χ2n) is 18.8. The van der Waals surface area contributed by atoms with Gasteiger partial charge in [-0.25, -0.2) is 35.5 Å². The van der Waals surface area contributed by atoms with Gasteiger partial charge in [0.15, 0.2) is 0 Å². The number of carboxylic acid groups (broad SMARTS) is 1. The number of carboxylic acids is 1. The molecule has 1 aromatic carbocycles. The van der Waals surface area contributed by atoms with E-state index in [1.54, 1.807) is 11.6 Å². The molecule has 372 valence electrons.